The van der Waals surface area contributed by atoms with Gasteiger partial charge in [0.05, 0.1) is 10.6 Å². The highest BCUT2D eigenvalue weighted by atomic mass is 79.9. The quantitative estimate of drug-likeness (QED) is 0.849. The first-order valence-corrected chi connectivity index (χ1v) is 6.43. The Morgan fingerprint density at radius 1 is 1.31 bits per heavy atom. The summed E-state index contributed by atoms with van der Waals surface area (Å²) in [7, 11) is 0. The van der Waals surface area contributed by atoms with Gasteiger partial charge in [0.15, 0.2) is 0 Å². The maximum absolute atomic E-state index is 13.2. The average Bonchev–Trinajstić information content (AvgIpc) is 2.21. The molecule has 1 aromatic rings. The van der Waals surface area contributed by atoms with E-state index >= 15 is 0 Å². The first-order chi connectivity index (χ1) is 7.50. The lowest BCUT2D eigenvalue weighted by Gasteiger charge is -2.12. The lowest BCUT2D eigenvalue weighted by atomic mass is 10.0. The third-order valence-corrected chi connectivity index (χ3v) is 3.23. The Morgan fingerprint density at radius 2 is 2.00 bits per heavy atom. The normalized spacial score (nSPS) is 13.1. The summed E-state index contributed by atoms with van der Waals surface area (Å²) in [5.74, 6) is 0.328. The van der Waals surface area contributed by atoms with Gasteiger partial charge in [0.25, 0.3) is 0 Å². The zero-order chi connectivity index (χ0) is 12.1. The van der Waals surface area contributed by atoms with Crippen molar-refractivity contribution in [2.75, 3.05) is 0 Å². The lowest BCUT2D eigenvalue weighted by molar-refractivity contribution is 0.161. The number of halogens is 2. The fourth-order valence-corrected chi connectivity index (χ4v) is 1.85. The minimum atomic E-state index is -0.554. The summed E-state index contributed by atoms with van der Waals surface area (Å²) in [4.78, 5) is 0. The molecular formula is C13H18BrFO. The van der Waals surface area contributed by atoms with E-state index in [4.69, 9.17) is 0 Å². The van der Waals surface area contributed by atoms with Gasteiger partial charge in [0.2, 0.25) is 0 Å². The van der Waals surface area contributed by atoms with Crippen molar-refractivity contribution in [3.05, 3.63) is 34.1 Å². The minimum absolute atomic E-state index is 0.319. The Balaban J connectivity index is 2.52. The Bertz CT molecular complexity index is 339. The van der Waals surface area contributed by atoms with Crippen LogP contribution in [0, 0.1) is 11.7 Å². The fourth-order valence-electron chi connectivity index (χ4n) is 1.61. The third kappa shape index (κ3) is 4.22. The summed E-state index contributed by atoms with van der Waals surface area (Å²) in [5.41, 5.74) is 0.657. The molecule has 3 heteroatoms. The van der Waals surface area contributed by atoms with Crippen molar-refractivity contribution in [1.82, 2.24) is 0 Å². The molecule has 1 atom stereocenters. The number of hydrogen-bond acceptors (Lipinski definition) is 1. The molecule has 0 saturated heterocycles. The van der Waals surface area contributed by atoms with Gasteiger partial charge in [-0.3, -0.25) is 0 Å². The van der Waals surface area contributed by atoms with Crippen LogP contribution in [0.4, 0.5) is 4.39 Å². The van der Waals surface area contributed by atoms with Gasteiger partial charge in [-0.15, -0.1) is 0 Å². The highest BCUT2D eigenvalue weighted by Crippen LogP contribution is 2.24. The number of benzene rings is 1. The first kappa shape index (κ1) is 13.7. The van der Waals surface area contributed by atoms with E-state index in [0.717, 1.165) is 12.8 Å². The van der Waals surface area contributed by atoms with Crippen LogP contribution in [0.1, 0.15) is 44.8 Å². The molecular weight excluding hydrogens is 271 g/mol. The van der Waals surface area contributed by atoms with Gasteiger partial charge in [-0.2, -0.15) is 0 Å². The number of aliphatic hydroxyl groups is 1. The van der Waals surface area contributed by atoms with Gasteiger partial charge in [-0.05, 0) is 46.0 Å². The fraction of sp³-hybridized carbons (Fsp3) is 0.538. The molecule has 0 saturated carbocycles. The molecule has 90 valence electrons. The Kier molecular flexibility index (Phi) is 5.42. The number of rotatable bonds is 5. The molecule has 1 aromatic carbocycles. The molecule has 1 nitrogen and oxygen atoms in total. The highest BCUT2D eigenvalue weighted by molar-refractivity contribution is 9.10. The Labute approximate surface area is 105 Å². The van der Waals surface area contributed by atoms with E-state index in [1.54, 1.807) is 12.1 Å². The van der Waals surface area contributed by atoms with Crippen LogP contribution >= 0.6 is 15.9 Å². The average molecular weight is 289 g/mol. The van der Waals surface area contributed by atoms with Crippen LogP contribution < -0.4 is 0 Å². The van der Waals surface area contributed by atoms with Gasteiger partial charge < -0.3 is 5.11 Å². The van der Waals surface area contributed by atoms with Crippen molar-refractivity contribution in [3.8, 4) is 0 Å². The summed E-state index contributed by atoms with van der Waals surface area (Å²) in [5, 5.41) is 9.87. The predicted octanol–water partition coefficient (Wildman–Crippen LogP) is 4.45. The highest BCUT2D eigenvalue weighted by Gasteiger charge is 2.10. The molecule has 0 fully saturated rings. The van der Waals surface area contributed by atoms with Crippen LogP contribution in [0.25, 0.3) is 0 Å². The molecule has 0 aliphatic carbocycles. The minimum Gasteiger partial charge on any atom is -0.388 e. The van der Waals surface area contributed by atoms with Crippen molar-refractivity contribution in [3.63, 3.8) is 0 Å². The molecule has 16 heavy (non-hydrogen) atoms. The van der Waals surface area contributed by atoms with Gasteiger partial charge in [-0.1, -0.05) is 32.8 Å². The van der Waals surface area contributed by atoms with Gasteiger partial charge >= 0.3 is 0 Å². The zero-order valence-electron chi connectivity index (χ0n) is 9.71. The van der Waals surface area contributed by atoms with E-state index in [2.05, 4.69) is 29.8 Å². The number of aliphatic hydroxyl groups excluding tert-OH is 1. The predicted molar refractivity (Wildman–Crippen MR) is 67.7 cm³/mol. The van der Waals surface area contributed by atoms with Crippen LogP contribution in [-0.4, -0.2) is 5.11 Å². The zero-order valence-corrected chi connectivity index (χ0v) is 11.3. The molecule has 1 rings (SSSR count). The van der Waals surface area contributed by atoms with Crippen molar-refractivity contribution in [2.45, 2.75) is 39.2 Å². The molecule has 1 unspecified atom stereocenters. The van der Waals surface area contributed by atoms with Crippen molar-refractivity contribution in [1.29, 1.82) is 0 Å². The summed E-state index contributed by atoms with van der Waals surface area (Å²) >= 11 is 3.09. The molecule has 0 bridgehead atoms. The third-order valence-electron chi connectivity index (χ3n) is 2.59. The molecule has 0 radical (unpaired) electrons. The van der Waals surface area contributed by atoms with Crippen molar-refractivity contribution >= 4 is 15.9 Å². The summed E-state index contributed by atoms with van der Waals surface area (Å²) < 4.78 is 13.7. The summed E-state index contributed by atoms with van der Waals surface area (Å²) in [6.07, 6.45) is 2.20. The number of hydrogen-bond donors (Lipinski definition) is 1. The van der Waals surface area contributed by atoms with E-state index in [1.165, 1.54) is 6.07 Å². The van der Waals surface area contributed by atoms with Crippen LogP contribution in [0.3, 0.4) is 0 Å². The van der Waals surface area contributed by atoms with Crippen molar-refractivity contribution in [2.24, 2.45) is 5.92 Å². The van der Waals surface area contributed by atoms with Gasteiger partial charge in [-0.25, -0.2) is 4.39 Å². The van der Waals surface area contributed by atoms with E-state index in [1.807, 2.05) is 0 Å². The molecule has 1 N–H and O–H groups in total. The monoisotopic (exact) mass is 288 g/mol. The molecule has 0 aliphatic rings. The van der Waals surface area contributed by atoms with E-state index < -0.39 is 6.10 Å². The second-order valence-corrected chi connectivity index (χ2v) is 5.37. The Hall–Kier alpha value is -0.410. The Morgan fingerprint density at radius 3 is 2.56 bits per heavy atom. The van der Waals surface area contributed by atoms with Crippen LogP contribution in [-0.2, 0) is 0 Å². The van der Waals surface area contributed by atoms with E-state index in [9.17, 15) is 9.50 Å². The molecule has 0 aromatic heterocycles. The second-order valence-electron chi connectivity index (χ2n) is 4.51. The van der Waals surface area contributed by atoms with E-state index in [-0.39, 0.29) is 5.82 Å². The topological polar surface area (TPSA) is 20.2 Å². The summed E-state index contributed by atoms with van der Waals surface area (Å²) in [6.45, 7) is 4.32. The standard InChI is InChI=1S/C13H18BrFO/c1-9(2)4-3-5-13(16)10-6-7-11(14)12(15)8-10/h6-9,13,16H,3-5H2,1-2H3. The van der Waals surface area contributed by atoms with Gasteiger partial charge in [0, 0.05) is 0 Å². The maximum Gasteiger partial charge on any atom is 0.137 e. The molecule has 0 amide bonds. The molecule has 0 spiro atoms. The SMILES string of the molecule is CC(C)CCCC(O)c1ccc(Br)c(F)c1. The van der Waals surface area contributed by atoms with Crippen LogP contribution in [0.15, 0.2) is 22.7 Å². The lowest BCUT2D eigenvalue weighted by Crippen LogP contribution is -1.99. The van der Waals surface area contributed by atoms with Gasteiger partial charge in [0.1, 0.15) is 5.82 Å². The smallest absolute Gasteiger partial charge is 0.137 e. The van der Waals surface area contributed by atoms with Crippen molar-refractivity contribution < 1.29 is 9.50 Å². The summed E-state index contributed by atoms with van der Waals surface area (Å²) in [6, 6.07) is 4.79. The molecule has 0 aliphatic heterocycles. The largest absolute Gasteiger partial charge is 0.388 e. The van der Waals surface area contributed by atoms with E-state index in [0.29, 0.717) is 22.4 Å². The maximum atomic E-state index is 13.2. The first-order valence-electron chi connectivity index (χ1n) is 5.63. The van der Waals surface area contributed by atoms with Crippen LogP contribution in [0.2, 0.25) is 0 Å². The molecule has 0 heterocycles. The van der Waals surface area contributed by atoms with Crippen LogP contribution in [0.5, 0.6) is 0 Å². The second kappa shape index (κ2) is 6.36.